The molecule has 1 aliphatic carbocycles. The number of aryl methyl sites for hydroxylation is 1. The van der Waals surface area contributed by atoms with Crippen molar-refractivity contribution in [3.8, 4) is 11.1 Å². The van der Waals surface area contributed by atoms with Gasteiger partial charge in [0, 0.05) is 62.5 Å². The van der Waals surface area contributed by atoms with Crippen molar-refractivity contribution in [2.24, 2.45) is 0 Å². The van der Waals surface area contributed by atoms with E-state index in [9.17, 15) is 9.59 Å². The number of piperazine rings is 1. The van der Waals surface area contributed by atoms with E-state index in [2.05, 4.69) is 31.6 Å². The van der Waals surface area contributed by atoms with Gasteiger partial charge in [0.2, 0.25) is 5.95 Å². The van der Waals surface area contributed by atoms with Crippen molar-refractivity contribution >= 4 is 28.9 Å². The molecule has 1 aromatic heterocycles. The van der Waals surface area contributed by atoms with E-state index in [0.29, 0.717) is 37.2 Å². The molecule has 1 aliphatic heterocycles. The average molecular weight is 475 g/mol. The fourth-order valence-corrected chi connectivity index (χ4v) is 4.35. The van der Waals surface area contributed by atoms with Gasteiger partial charge in [-0.25, -0.2) is 14.8 Å². The van der Waals surface area contributed by atoms with Gasteiger partial charge in [-0.1, -0.05) is 12.1 Å². The van der Waals surface area contributed by atoms with E-state index in [1.54, 1.807) is 0 Å². The molecule has 9 nitrogen and oxygen atoms in total. The third-order valence-electron chi connectivity index (χ3n) is 6.66. The second kappa shape index (κ2) is 9.87. The summed E-state index contributed by atoms with van der Waals surface area (Å²) in [7, 11) is 0. The fourth-order valence-electron chi connectivity index (χ4n) is 4.35. The molecule has 2 aromatic carbocycles. The van der Waals surface area contributed by atoms with Crippen molar-refractivity contribution in [2.45, 2.75) is 25.8 Å². The first-order valence-corrected chi connectivity index (χ1v) is 12.1. The Morgan fingerprint density at radius 3 is 2.63 bits per heavy atom. The first-order chi connectivity index (χ1) is 17.0. The number of aromatic nitrogens is 2. The summed E-state index contributed by atoms with van der Waals surface area (Å²) in [5, 5.41) is 16.3. The lowest BCUT2D eigenvalue weighted by atomic mass is 9.97. The van der Waals surface area contributed by atoms with Gasteiger partial charge in [-0.15, -0.1) is 0 Å². The van der Waals surface area contributed by atoms with Crippen LogP contribution in [0.15, 0.2) is 42.6 Å². The molecule has 2 amide bonds. The third kappa shape index (κ3) is 5.51. The van der Waals surface area contributed by atoms with Gasteiger partial charge in [0.05, 0.1) is 5.52 Å². The molecule has 0 spiro atoms. The van der Waals surface area contributed by atoms with Crippen LogP contribution in [0.4, 0.5) is 10.7 Å². The Bertz CT molecular complexity index is 1250. The molecule has 2 fully saturated rings. The van der Waals surface area contributed by atoms with E-state index < -0.39 is 6.09 Å². The van der Waals surface area contributed by atoms with Crippen LogP contribution in [0.3, 0.4) is 0 Å². The maximum Gasteiger partial charge on any atom is 0.407 e. The second-order valence-electron chi connectivity index (χ2n) is 9.28. The number of nitrogens with zero attached hydrogens (tertiary/aromatic N) is 4. The van der Waals surface area contributed by atoms with Crippen LogP contribution in [-0.4, -0.2) is 82.2 Å². The number of fused-ring (bicyclic) bond motifs is 1. The van der Waals surface area contributed by atoms with Crippen molar-refractivity contribution in [1.82, 2.24) is 25.1 Å². The molecule has 0 bridgehead atoms. The van der Waals surface area contributed by atoms with Crippen LogP contribution in [0, 0.1) is 6.92 Å². The monoisotopic (exact) mass is 474 g/mol. The highest BCUT2D eigenvalue weighted by atomic mass is 16.4. The Labute approximate surface area is 204 Å². The number of carbonyl (C=O) groups is 2. The number of hydrogen-bond acceptors (Lipinski definition) is 6. The number of hydrogen-bond donors (Lipinski definition) is 3. The number of carbonyl (C=O) groups excluding carboxylic acids is 1. The van der Waals surface area contributed by atoms with Gasteiger partial charge < -0.3 is 20.6 Å². The summed E-state index contributed by atoms with van der Waals surface area (Å²) in [6, 6.07) is 12.2. The zero-order valence-corrected chi connectivity index (χ0v) is 19.8. The highest BCUT2D eigenvalue weighted by molar-refractivity contribution is 5.96. The molecule has 1 saturated carbocycles. The van der Waals surface area contributed by atoms with Crippen molar-refractivity contribution < 1.29 is 14.7 Å². The topological polar surface area (TPSA) is 111 Å². The minimum Gasteiger partial charge on any atom is -0.465 e. The lowest BCUT2D eigenvalue weighted by Crippen LogP contribution is -2.49. The Hall–Kier alpha value is -3.72. The Morgan fingerprint density at radius 2 is 1.89 bits per heavy atom. The molecule has 0 unspecified atom stereocenters. The van der Waals surface area contributed by atoms with Crippen molar-refractivity contribution in [3.63, 3.8) is 0 Å². The Kier molecular flexibility index (Phi) is 6.50. The first kappa shape index (κ1) is 23.0. The molecule has 3 N–H and O–H groups in total. The standard InChI is InChI=1S/C26H30N6O3/c1-17-2-3-19(24(33)29-21-5-6-21)15-22(17)18-4-7-23-20(14-18)16-28-25(30-23)27-8-9-31-10-12-32(13-11-31)26(34)35/h2-4,7,14-16,21H,5-6,8-13H2,1H3,(H,29,33)(H,34,35)(H,27,28,30). The fraction of sp³-hybridized carbons (Fsp3) is 0.385. The van der Waals surface area contributed by atoms with Gasteiger partial charge in [-0.3, -0.25) is 9.69 Å². The SMILES string of the molecule is Cc1ccc(C(=O)NC2CC2)cc1-c1ccc2nc(NCCN3CCN(C(=O)O)CC3)ncc2c1. The minimum absolute atomic E-state index is 0.0163. The number of nitrogens with one attached hydrogen (secondary N) is 2. The lowest BCUT2D eigenvalue weighted by molar-refractivity contribution is 0.0950. The Morgan fingerprint density at radius 1 is 1.09 bits per heavy atom. The molecule has 2 heterocycles. The highest BCUT2D eigenvalue weighted by Crippen LogP contribution is 2.28. The second-order valence-corrected chi connectivity index (χ2v) is 9.28. The van der Waals surface area contributed by atoms with Gasteiger partial charge in [0.25, 0.3) is 5.91 Å². The van der Waals surface area contributed by atoms with Crippen LogP contribution in [0.1, 0.15) is 28.8 Å². The van der Waals surface area contributed by atoms with Crippen LogP contribution >= 0.6 is 0 Å². The lowest BCUT2D eigenvalue weighted by Gasteiger charge is -2.32. The van der Waals surface area contributed by atoms with Crippen LogP contribution in [0.2, 0.25) is 0 Å². The molecule has 1 saturated heterocycles. The zero-order valence-electron chi connectivity index (χ0n) is 19.8. The average Bonchev–Trinajstić information content (AvgIpc) is 3.68. The molecule has 2 aliphatic rings. The van der Waals surface area contributed by atoms with Crippen LogP contribution < -0.4 is 10.6 Å². The number of rotatable bonds is 7. The zero-order chi connectivity index (χ0) is 24.4. The summed E-state index contributed by atoms with van der Waals surface area (Å²) in [4.78, 5) is 36.3. The van der Waals surface area contributed by atoms with E-state index >= 15 is 0 Å². The number of anilines is 1. The molecular formula is C26H30N6O3. The third-order valence-corrected chi connectivity index (χ3v) is 6.66. The maximum absolute atomic E-state index is 12.5. The van der Waals surface area contributed by atoms with E-state index in [4.69, 9.17) is 5.11 Å². The quantitative estimate of drug-likeness (QED) is 0.482. The van der Waals surface area contributed by atoms with Gasteiger partial charge in [0.15, 0.2) is 0 Å². The van der Waals surface area contributed by atoms with Gasteiger partial charge in [0.1, 0.15) is 0 Å². The van der Waals surface area contributed by atoms with Crippen LogP contribution in [0.5, 0.6) is 0 Å². The first-order valence-electron chi connectivity index (χ1n) is 12.1. The predicted octanol–water partition coefficient (Wildman–Crippen LogP) is 3.20. The summed E-state index contributed by atoms with van der Waals surface area (Å²) in [5.74, 6) is 0.557. The summed E-state index contributed by atoms with van der Waals surface area (Å²) in [6.07, 6.45) is 3.10. The number of amides is 2. The van der Waals surface area contributed by atoms with Crippen LogP contribution in [-0.2, 0) is 0 Å². The summed E-state index contributed by atoms with van der Waals surface area (Å²) < 4.78 is 0. The summed E-state index contributed by atoms with van der Waals surface area (Å²) in [6.45, 7) is 6.09. The van der Waals surface area contributed by atoms with Crippen molar-refractivity contribution in [1.29, 1.82) is 0 Å². The molecular weight excluding hydrogens is 444 g/mol. The summed E-state index contributed by atoms with van der Waals surface area (Å²) >= 11 is 0. The normalized spacial score (nSPS) is 16.3. The van der Waals surface area contributed by atoms with Gasteiger partial charge >= 0.3 is 6.09 Å². The minimum atomic E-state index is -0.850. The van der Waals surface area contributed by atoms with E-state index in [0.717, 1.165) is 60.1 Å². The van der Waals surface area contributed by atoms with Gasteiger partial charge in [-0.2, -0.15) is 0 Å². The van der Waals surface area contributed by atoms with Crippen molar-refractivity contribution in [2.75, 3.05) is 44.6 Å². The maximum atomic E-state index is 12.5. The largest absolute Gasteiger partial charge is 0.465 e. The smallest absolute Gasteiger partial charge is 0.407 e. The number of benzene rings is 2. The molecule has 3 aromatic rings. The molecule has 5 rings (SSSR count). The van der Waals surface area contributed by atoms with E-state index in [-0.39, 0.29) is 5.91 Å². The van der Waals surface area contributed by atoms with Crippen LogP contribution in [0.25, 0.3) is 22.0 Å². The Balaban J connectivity index is 1.23. The van der Waals surface area contributed by atoms with Gasteiger partial charge in [-0.05, 0) is 60.7 Å². The van der Waals surface area contributed by atoms with E-state index in [1.807, 2.05) is 43.5 Å². The molecule has 0 radical (unpaired) electrons. The molecule has 9 heteroatoms. The number of carboxylic acid groups (broad SMARTS) is 1. The highest BCUT2D eigenvalue weighted by Gasteiger charge is 2.24. The molecule has 35 heavy (non-hydrogen) atoms. The summed E-state index contributed by atoms with van der Waals surface area (Å²) in [5.41, 5.74) is 4.69. The molecule has 0 atom stereocenters. The van der Waals surface area contributed by atoms with E-state index in [1.165, 1.54) is 4.90 Å². The molecule has 182 valence electrons. The predicted molar refractivity (Wildman–Crippen MR) is 135 cm³/mol. The van der Waals surface area contributed by atoms with Crippen molar-refractivity contribution in [3.05, 3.63) is 53.7 Å².